The van der Waals surface area contributed by atoms with Crippen LogP contribution in [0.2, 0.25) is 0 Å². The molecule has 1 amide bonds. The number of rotatable bonds is 4. The quantitative estimate of drug-likeness (QED) is 0.349. The van der Waals surface area contributed by atoms with Crippen LogP contribution in [0.1, 0.15) is 6.92 Å². The maximum atomic E-state index is 11.9. The molecule has 2 aromatic carbocycles. The maximum Gasteiger partial charge on any atom is 0.234 e. The fourth-order valence-electron chi connectivity index (χ4n) is 1.85. The third-order valence-electron chi connectivity index (χ3n) is 3.21. The molecule has 2 aromatic rings. The molecule has 1 unspecified atom stereocenters. The molecule has 0 aliphatic rings. The van der Waals surface area contributed by atoms with Crippen molar-refractivity contribution in [2.24, 2.45) is 16.8 Å². The van der Waals surface area contributed by atoms with E-state index in [2.05, 4.69) is 10.5 Å². The molecule has 0 heterocycles. The van der Waals surface area contributed by atoms with E-state index in [1.54, 1.807) is 6.92 Å². The first-order valence-electron chi connectivity index (χ1n) is 6.55. The number of carbonyl (C=O) groups is 1. The zero-order chi connectivity index (χ0) is 15.2. The van der Waals surface area contributed by atoms with E-state index >= 15 is 0 Å². The lowest BCUT2D eigenvalue weighted by Crippen LogP contribution is -2.32. The summed E-state index contributed by atoms with van der Waals surface area (Å²) in [5, 5.41) is 14.1. The van der Waals surface area contributed by atoms with Crippen LogP contribution < -0.4 is 11.1 Å². The van der Waals surface area contributed by atoms with Gasteiger partial charge in [0, 0.05) is 5.69 Å². The van der Waals surface area contributed by atoms with Crippen LogP contribution in [0.15, 0.2) is 59.8 Å². The molecule has 108 valence electrons. The first-order chi connectivity index (χ1) is 10.1. The monoisotopic (exact) mass is 283 g/mol. The molecule has 0 radical (unpaired) electrons. The van der Waals surface area contributed by atoms with Crippen LogP contribution in [0.3, 0.4) is 0 Å². The van der Waals surface area contributed by atoms with Gasteiger partial charge in [0.1, 0.15) is 0 Å². The summed E-state index contributed by atoms with van der Waals surface area (Å²) in [6.07, 6.45) is 0. The highest BCUT2D eigenvalue weighted by Gasteiger charge is 2.17. The van der Waals surface area contributed by atoms with Gasteiger partial charge in [0.2, 0.25) is 5.91 Å². The normalized spacial score (nSPS) is 12.7. The SMILES string of the molecule is CC(C(=O)Nc1ccc(-c2ccccc2)cc1)C(N)=NO. The number of oxime groups is 1. The van der Waals surface area contributed by atoms with E-state index in [1.807, 2.05) is 54.6 Å². The van der Waals surface area contributed by atoms with Gasteiger partial charge in [0.15, 0.2) is 5.84 Å². The maximum absolute atomic E-state index is 11.9. The van der Waals surface area contributed by atoms with Crippen molar-refractivity contribution < 1.29 is 10.0 Å². The molecule has 0 bridgehead atoms. The third-order valence-corrected chi connectivity index (χ3v) is 3.21. The molecular weight excluding hydrogens is 266 g/mol. The summed E-state index contributed by atoms with van der Waals surface area (Å²) in [5.74, 6) is -1.13. The number of anilines is 1. The Hall–Kier alpha value is -2.82. The summed E-state index contributed by atoms with van der Waals surface area (Å²) < 4.78 is 0. The highest BCUT2D eigenvalue weighted by atomic mass is 16.4. The largest absolute Gasteiger partial charge is 0.409 e. The van der Waals surface area contributed by atoms with Crippen LogP contribution in [-0.4, -0.2) is 17.0 Å². The minimum Gasteiger partial charge on any atom is -0.409 e. The van der Waals surface area contributed by atoms with Gasteiger partial charge in [-0.05, 0) is 30.2 Å². The van der Waals surface area contributed by atoms with Crippen molar-refractivity contribution in [2.45, 2.75) is 6.92 Å². The lowest BCUT2D eigenvalue weighted by molar-refractivity contribution is -0.117. The number of nitrogens with one attached hydrogen (secondary N) is 1. The lowest BCUT2D eigenvalue weighted by Gasteiger charge is -2.11. The number of carbonyl (C=O) groups excluding carboxylic acids is 1. The second kappa shape index (κ2) is 6.56. The summed E-state index contributed by atoms with van der Waals surface area (Å²) >= 11 is 0. The molecular formula is C16H17N3O2. The second-order valence-electron chi connectivity index (χ2n) is 4.68. The number of hydrogen-bond donors (Lipinski definition) is 3. The summed E-state index contributed by atoms with van der Waals surface area (Å²) in [4.78, 5) is 11.9. The van der Waals surface area contributed by atoms with Crippen molar-refractivity contribution in [3.8, 4) is 11.1 Å². The van der Waals surface area contributed by atoms with E-state index in [0.717, 1.165) is 11.1 Å². The molecule has 0 fully saturated rings. The van der Waals surface area contributed by atoms with Gasteiger partial charge in [-0.3, -0.25) is 4.79 Å². The van der Waals surface area contributed by atoms with Crippen molar-refractivity contribution in [1.29, 1.82) is 0 Å². The van der Waals surface area contributed by atoms with Gasteiger partial charge in [-0.2, -0.15) is 0 Å². The van der Waals surface area contributed by atoms with Crippen molar-refractivity contribution in [1.82, 2.24) is 0 Å². The lowest BCUT2D eigenvalue weighted by atomic mass is 10.1. The zero-order valence-corrected chi connectivity index (χ0v) is 11.7. The van der Waals surface area contributed by atoms with Crippen LogP contribution in [0, 0.1) is 5.92 Å². The summed E-state index contributed by atoms with van der Waals surface area (Å²) in [5.41, 5.74) is 8.25. The Balaban J connectivity index is 2.08. The van der Waals surface area contributed by atoms with Gasteiger partial charge in [-0.15, -0.1) is 0 Å². The molecule has 0 saturated heterocycles. The minimum atomic E-state index is -0.691. The number of nitrogens with zero attached hydrogens (tertiary/aromatic N) is 1. The molecule has 0 aliphatic carbocycles. The summed E-state index contributed by atoms with van der Waals surface area (Å²) in [6, 6.07) is 17.5. The predicted octanol–water partition coefficient (Wildman–Crippen LogP) is 2.67. The van der Waals surface area contributed by atoms with Crippen LogP contribution in [0.25, 0.3) is 11.1 Å². The topological polar surface area (TPSA) is 87.7 Å². The number of amides is 1. The van der Waals surface area contributed by atoms with Crippen molar-refractivity contribution in [2.75, 3.05) is 5.32 Å². The second-order valence-corrected chi connectivity index (χ2v) is 4.68. The highest BCUT2D eigenvalue weighted by molar-refractivity contribution is 6.07. The van der Waals surface area contributed by atoms with Crippen LogP contribution in [0.5, 0.6) is 0 Å². The molecule has 5 heteroatoms. The van der Waals surface area contributed by atoms with E-state index in [9.17, 15) is 4.79 Å². The number of benzene rings is 2. The molecule has 0 aliphatic heterocycles. The fourth-order valence-corrected chi connectivity index (χ4v) is 1.85. The van der Waals surface area contributed by atoms with Gasteiger partial charge in [0.25, 0.3) is 0 Å². The Morgan fingerprint density at radius 1 is 1.10 bits per heavy atom. The summed E-state index contributed by atoms with van der Waals surface area (Å²) in [6.45, 7) is 1.57. The van der Waals surface area contributed by atoms with Gasteiger partial charge < -0.3 is 16.3 Å². The Morgan fingerprint density at radius 2 is 1.67 bits per heavy atom. The fraction of sp³-hybridized carbons (Fsp3) is 0.125. The molecule has 21 heavy (non-hydrogen) atoms. The van der Waals surface area contributed by atoms with Gasteiger partial charge in [-0.1, -0.05) is 47.6 Å². The van der Waals surface area contributed by atoms with Crippen molar-refractivity contribution >= 4 is 17.4 Å². The molecule has 4 N–H and O–H groups in total. The Bertz CT molecular complexity index is 636. The third kappa shape index (κ3) is 3.60. The van der Waals surface area contributed by atoms with Crippen LogP contribution >= 0.6 is 0 Å². The molecule has 1 atom stereocenters. The van der Waals surface area contributed by atoms with E-state index in [1.165, 1.54) is 0 Å². The standard InChI is InChI=1S/C16H17N3O2/c1-11(15(17)19-21)16(20)18-14-9-7-13(8-10-14)12-5-3-2-4-6-12/h2-11,21H,1H3,(H2,17,19)(H,18,20). The van der Waals surface area contributed by atoms with Crippen LogP contribution in [-0.2, 0) is 4.79 Å². The zero-order valence-electron chi connectivity index (χ0n) is 11.7. The number of amidine groups is 1. The van der Waals surface area contributed by atoms with E-state index in [4.69, 9.17) is 10.9 Å². The summed E-state index contributed by atoms with van der Waals surface area (Å²) in [7, 11) is 0. The van der Waals surface area contributed by atoms with Gasteiger partial charge >= 0.3 is 0 Å². The first kappa shape index (κ1) is 14.6. The van der Waals surface area contributed by atoms with E-state index in [-0.39, 0.29) is 11.7 Å². The average Bonchev–Trinajstić information content (AvgIpc) is 2.54. The molecule has 0 aromatic heterocycles. The molecule has 0 spiro atoms. The minimum absolute atomic E-state index is 0.117. The number of hydrogen-bond acceptors (Lipinski definition) is 3. The van der Waals surface area contributed by atoms with Gasteiger partial charge in [-0.25, -0.2) is 0 Å². The first-order valence-corrected chi connectivity index (χ1v) is 6.55. The van der Waals surface area contributed by atoms with E-state index < -0.39 is 5.92 Å². The molecule has 5 nitrogen and oxygen atoms in total. The van der Waals surface area contributed by atoms with Crippen molar-refractivity contribution in [3.05, 3.63) is 54.6 Å². The average molecular weight is 283 g/mol. The highest BCUT2D eigenvalue weighted by Crippen LogP contribution is 2.21. The van der Waals surface area contributed by atoms with Crippen molar-refractivity contribution in [3.63, 3.8) is 0 Å². The Morgan fingerprint density at radius 3 is 2.24 bits per heavy atom. The predicted molar refractivity (Wildman–Crippen MR) is 83.1 cm³/mol. The smallest absolute Gasteiger partial charge is 0.234 e. The van der Waals surface area contributed by atoms with Gasteiger partial charge in [0.05, 0.1) is 5.92 Å². The van der Waals surface area contributed by atoms with E-state index in [0.29, 0.717) is 5.69 Å². The molecule has 0 saturated carbocycles. The Kier molecular flexibility index (Phi) is 4.56. The van der Waals surface area contributed by atoms with Crippen LogP contribution in [0.4, 0.5) is 5.69 Å². The number of nitrogens with two attached hydrogens (primary N) is 1. The Labute approximate surface area is 123 Å². The molecule has 2 rings (SSSR count).